The van der Waals surface area contributed by atoms with Gasteiger partial charge in [0.25, 0.3) is 0 Å². The third kappa shape index (κ3) is 3.74. The second-order valence-corrected chi connectivity index (χ2v) is 7.19. The molecule has 25 heavy (non-hydrogen) atoms. The van der Waals surface area contributed by atoms with Crippen LogP contribution in [-0.4, -0.2) is 15.3 Å². The minimum atomic E-state index is -0.210. The van der Waals surface area contributed by atoms with Crippen LogP contribution in [0.2, 0.25) is 5.15 Å². The van der Waals surface area contributed by atoms with E-state index in [0.717, 1.165) is 16.9 Å². The molecule has 1 aromatic carbocycles. The van der Waals surface area contributed by atoms with Gasteiger partial charge in [-0.3, -0.25) is 9.20 Å². The number of nitrogens with zero attached hydrogens (tertiary/aromatic N) is 2. The molecule has 0 atom stereocenters. The third-order valence-electron chi connectivity index (χ3n) is 3.91. The first kappa shape index (κ1) is 17.2. The number of amides is 1. The Bertz CT molecular complexity index is 951. The van der Waals surface area contributed by atoms with Crippen molar-refractivity contribution in [3.05, 3.63) is 71.1 Å². The summed E-state index contributed by atoms with van der Waals surface area (Å²) >= 11 is 6.18. The molecule has 5 heteroatoms. The molecule has 1 N–H and O–H groups in total. The van der Waals surface area contributed by atoms with E-state index in [0.29, 0.717) is 10.8 Å². The second-order valence-electron chi connectivity index (χ2n) is 6.83. The maximum Gasteiger partial charge on any atom is 0.248 e. The van der Waals surface area contributed by atoms with Gasteiger partial charge in [0.2, 0.25) is 5.91 Å². The third-order valence-corrected chi connectivity index (χ3v) is 4.19. The predicted octanol–water partition coefficient (Wildman–Crippen LogP) is 4.94. The molecule has 0 saturated heterocycles. The highest BCUT2D eigenvalue weighted by Crippen LogP contribution is 2.29. The van der Waals surface area contributed by atoms with Crippen LogP contribution in [0.15, 0.2) is 54.7 Å². The van der Waals surface area contributed by atoms with Crippen molar-refractivity contribution in [2.75, 3.05) is 5.32 Å². The molecule has 2 aromatic heterocycles. The van der Waals surface area contributed by atoms with Gasteiger partial charge in [-0.05, 0) is 35.3 Å². The molecule has 1 amide bonds. The van der Waals surface area contributed by atoms with Crippen molar-refractivity contribution in [3.63, 3.8) is 0 Å². The summed E-state index contributed by atoms with van der Waals surface area (Å²) < 4.78 is 1.84. The van der Waals surface area contributed by atoms with Gasteiger partial charge in [0.15, 0.2) is 5.15 Å². The van der Waals surface area contributed by atoms with Crippen LogP contribution in [0.1, 0.15) is 32.0 Å². The highest BCUT2D eigenvalue weighted by atomic mass is 35.5. The molecule has 2 heterocycles. The monoisotopic (exact) mass is 353 g/mol. The Morgan fingerprint density at radius 3 is 2.64 bits per heavy atom. The number of fused-ring (bicyclic) bond motifs is 1. The molecule has 0 fully saturated rings. The zero-order valence-electron chi connectivity index (χ0n) is 14.5. The average Bonchev–Trinajstić information content (AvgIpc) is 2.87. The van der Waals surface area contributed by atoms with E-state index in [4.69, 9.17) is 11.6 Å². The van der Waals surface area contributed by atoms with Gasteiger partial charge in [-0.15, -0.1) is 0 Å². The van der Waals surface area contributed by atoms with Crippen LogP contribution < -0.4 is 5.32 Å². The van der Waals surface area contributed by atoms with Crippen molar-refractivity contribution in [2.45, 2.75) is 26.2 Å². The molecule has 3 rings (SSSR count). The molecular formula is C20H20ClN3O. The van der Waals surface area contributed by atoms with Crippen molar-refractivity contribution in [1.29, 1.82) is 0 Å². The average molecular weight is 354 g/mol. The van der Waals surface area contributed by atoms with Crippen LogP contribution >= 0.6 is 11.6 Å². The van der Waals surface area contributed by atoms with Crippen LogP contribution in [0.25, 0.3) is 11.7 Å². The number of halogens is 1. The minimum Gasteiger partial charge on any atom is -0.322 e. The van der Waals surface area contributed by atoms with Gasteiger partial charge < -0.3 is 5.32 Å². The highest BCUT2D eigenvalue weighted by molar-refractivity contribution is 6.31. The molecule has 4 nitrogen and oxygen atoms in total. The Kier molecular flexibility index (Phi) is 4.64. The van der Waals surface area contributed by atoms with Crippen LogP contribution in [0.3, 0.4) is 0 Å². The van der Waals surface area contributed by atoms with Crippen molar-refractivity contribution < 1.29 is 4.79 Å². The number of anilines is 1. The lowest BCUT2D eigenvalue weighted by molar-refractivity contribution is -0.111. The molecule has 0 spiro atoms. The van der Waals surface area contributed by atoms with Crippen LogP contribution in [0.4, 0.5) is 5.69 Å². The summed E-state index contributed by atoms with van der Waals surface area (Å²) in [7, 11) is 0. The minimum absolute atomic E-state index is 0.0570. The van der Waals surface area contributed by atoms with E-state index in [1.165, 1.54) is 6.08 Å². The van der Waals surface area contributed by atoms with E-state index in [1.807, 2.05) is 53.1 Å². The number of hydrogen-bond donors (Lipinski definition) is 1. The lowest BCUT2D eigenvalue weighted by Gasteiger charge is -2.22. The summed E-state index contributed by atoms with van der Waals surface area (Å²) in [5, 5.41) is 3.31. The Morgan fingerprint density at radius 1 is 1.16 bits per heavy atom. The number of nitrogens with one attached hydrogen (secondary N) is 1. The van der Waals surface area contributed by atoms with Crippen molar-refractivity contribution in [3.8, 4) is 0 Å². The number of benzene rings is 1. The first-order valence-electron chi connectivity index (χ1n) is 8.07. The normalized spacial score (nSPS) is 12.0. The number of imidazole rings is 1. The smallest absolute Gasteiger partial charge is 0.248 e. The maximum absolute atomic E-state index is 12.4. The second kappa shape index (κ2) is 6.73. The number of carbonyl (C=O) groups is 1. The number of para-hydroxylation sites is 1. The zero-order valence-corrected chi connectivity index (χ0v) is 15.2. The van der Waals surface area contributed by atoms with Crippen LogP contribution in [0.5, 0.6) is 0 Å². The van der Waals surface area contributed by atoms with Crippen molar-refractivity contribution in [1.82, 2.24) is 9.38 Å². The van der Waals surface area contributed by atoms with Gasteiger partial charge in [-0.1, -0.05) is 56.6 Å². The van der Waals surface area contributed by atoms with Gasteiger partial charge in [0.1, 0.15) is 5.65 Å². The van der Waals surface area contributed by atoms with Gasteiger partial charge in [0.05, 0.1) is 5.69 Å². The molecule has 0 radical (unpaired) electrons. The van der Waals surface area contributed by atoms with E-state index < -0.39 is 0 Å². The van der Waals surface area contributed by atoms with E-state index in [-0.39, 0.29) is 11.3 Å². The van der Waals surface area contributed by atoms with E-state index in [1.54, 1.807) is 6.08 Å². The van der Waals surface area contributed by atoms with Crippen molar-refractivity contribution in [2.24, 2.45) is 0 Å². The lowest BCUT2D eigenvalue weighted by atomic mass is 9.86. The molecule has 0 saturated carbocycles. The van der Waals surface area contributed by atoms with Crippen LogP contribution in [0, 0.1) is 0 Å². The highest BCUT2D eigenvalue weighted by Gasteiger charge is 2.18. The van der Waals surface area contributed by atoms with E-state index in [9.17, 15) is 4.79 Å². The first-order chi connectivity index (χ1) is 11.9. The van der Waals surface area contributed by atoms with Gasteiger partial charge in [-0.25, -0.2) is 4.98 Å². The molecule has 0 bridgehead atoms. The topological polar surface area (TPSA) is 46.4 Å². The number of carbonyl (C=O) groups excluding carboxylic acids is 1. The SMILES string of the molecule is CC(C)(C)c1ccccc1NC(=O)/C=C/c1c(Cl)nc2ccccn12. The van der Waals surface area contributed by atoms with Crippen LogP contribution in [-0.2, 0) is 10.2 Å². The molecule has 0 unspecified atom stereocenters. The summed E-state index contributed by atoms with van der Waals surface area (Å²) in [6, 6.07) is 13.5. The fraction of sp³-hybridized carbons (Fsp3) is 0.200. The molecule has 128 valence electrons. The number of pyridine rings is 1. The molecule has 3 aromatic rings. The fourth-order valence-corrected chi connectivity index (χ4v) is 2.95. The summed E-state index contributed by atoms with van der Waals surface area (Å²) in [6.07, 6.45) is 5.01. The predicted molar refractivity (Wildman–Crippen MR) is 103 cm³/mol. The molecular weight excluding hydrogens is 334 g/mol. The van der Waals surface area contributed by atoms with Crippen molar-refractivity contribution >= 4 is 34.9 Å². The summed E-state index contributed by atoms with van der Waals surface area (Å²) in [4.78, 5) is 16.6. The lowest BCUT2D eigenvalue weighted by Crippen LogP contribution is -2.17. The number of rotatable bonds is 3. The Labute approximate surface area is 152 Å². The largest absolute Gasteiger partial charge is 0.322 e. The quantitative estimate of drug-likeness (QED) is 0.678. The van der Waals surface area contributed by atoms with E-state index >= 15 is 0 Å². The van der Waals surface area contributed by atoms with Gasteiger partial charge in [0, 0.05) is 18.0 Å². The summed E-state index contributed by atoms with van der Waals surface area (Å²) in [5.41, 5.74) is 3.26. The summed E-state index contributed by atoms with van der Waals surface area (Å²) in [6.45, 7) is 6.35. The molecule has 0 aliphatic carbocycles. The van der Waals surface area contributed by atoms with E-state index in [2.05, 4.69) is 31.1 Å². The molecule has 0 aliphatic heterocycles. The maximum atomic E-state index is 12.4. The first-order valence-corrected chi connectivity index (χ1v) is 8.45. The van der Waals surface area contributed by atoms with Gasteiger partial charge in [-0.2, -0.15) is 0 Å². The standard InChI is InChI=1S/C20H20ClN3O/c1-20(2,3)14-8-4-5-9-15(14)22-18(25)12-11-16-19(21)23-17-10-6-7-13-24(16)17/h4-13H,1-3H3,(H,22,25)/b12-11+. The van der Waals surface area contributed by atoms with Gasteiger partial charge >= 0.3 is 0 Å². The number of aromatic nitrogens is 2. The number of hydrogen-bond acceptors (Lipinski definition) is 2. The summed E-state index contributed by atoms with van der Waals surface area (Å²) in [5.74, 6) is -0.210. The molecule has 0 aliphatic rings. The Morgan fingerprint density at radius 2 is 1.88 bits per heavy atom. The fourth-order valence-electron chi connectivity index (χ4n) is 2.71. The Balaban J connectivity index is 1.84. The Hall–Kier alpha value is -2.59. The zero-order chi connectivity index (χ0) is 18.0.